The van der Waals surface area contributed by atoms with Crippen molar-refractivity contribution in [3.63, 3.8) is 0 Å². The van der Waals surface area contributed by atoms with E-state index in [1.807, 2.05) is 31.3 Å². The molecular formula is C18H22N2O2S. The second-order valence-corrected chi connectivity index (χ2v) is 7.45. The number of carbonyl (C=O) groups excluding carboxylic acids is 1. The van der Waals surface area contributed by atoms with Crippen LogP contribution in [0.5, 0.6) is 0 Å². The summed E-state index contributed by atoms with van der Waals surface area (Å²) in [6.07, 6.45) is 3.81. The fourth-order valence-corrected chi connectivity index (χ4v) is 4.04. The van der Waals surface area contributed by atoms with Crippen LogP contribution in [0.4, 0.5) is 5.82 Å². The summed E-state index contributed by atoms with van der Waals surface area (Å²) in [6, 6.07) is 8.25. The Morgan fingerprint density at radius 1 is 1.39 bits per heavy atom. The van der Waals surface area contributed by atoms with Crippen LogP contribution in [0.15, 0.2) is 30.5 Å². The number of pyridine rings is 1. The van der Waals surface area contributed by atoms with Gasteiger partial charge in [-0.05, 0) is 57.9 Å². The lowest BCUT2D eigenvalue weighted by molar-refractivity contribution is 0.0378. The van der Waals surface area contributed by atoms with Gasteiger partial charge in [-0.2, -0.15) is 0 Å². The van der Waals surface area contributed by atoms with Crippen molar-refractivity contribution < 1.29 is 9.53 Å². The molecule has 4 nitrogen and oxygen atoms in total. The molecular weight excluding hydrogens is 308 g/mol. The Balaban J connectivity index is 1.93. The average Bonchev–Trinajstić information content (AvgIpc) is 3.14. The van der Waals surface area contributed by atoms with E-state index >= 15 is 0 Å². The number of hydrogen-bond donors (Lipinski definition) is 0. The van der Waals surface area contributed by atoms with E-state index in [0.29, 0.717) is 11.6 Å². The summed E-state index contributed by atoms with van der Waals surface area (Å²) in [5.41, 5.74) is 0.557. The molecule has 0 aliphatic carbocycles. The molecule has 0 spiro atoms. The van der Waals surface area contributed by atoms with Crippen LogP contribution < -0.4 is 4.90 Å². The second kappa shape index (κ2) is 6.71. The zero-order valence-electron chi connectivity index (χ0n) is 13.8. The van der Waals surface area contributed by atoms with Gasteiger partial charge in [-0.25, -0.2) is 9.78 Å². The molecule has 0 N–H and O–H groups in total. The third kappa shape index (κ3) is 3.39. The molecule has 0 amide bonds. The molecule has 1 atom stereocenters. The number of anilines is 1. The highest BCUT2D eigenvalue weighted by molar-refractivity contribution is 7.12. The smallest absolute Gasteiger partial charge is 0.342 e. The molecule has 3 heterocycles. The van der Waals surface area contributed by atoms with Crippen LogP contribution in [0.2, 0.25) is 0 Å². The topological polar surface area (TPSA) is 42.4 Å². The highest BCUT2D eigenvalue weighted by Gasteiger charge is 2.31. The van der Waals surface area contributed by atoms with Crippen LogP contribution in [0.1, 0.15) is 52.8 Å². The second-order valence-electron chi connectivity index (χ2n) is 6.13. The van der Waals surface area contributed by atoms with Crippen molar-refractivity contribution >= 4 is 23.1 Å². The van der Waals surface area contributed by atoms with E-state index in [-0.39, 0.29) is 12.1 Å². The van der Waals surface area contributed by atoms with Gasteiger partial charge in [0, 0.05) is 22.5 Å². The average molecular weight is 330 g/mol. The van der Waals surface area contributed by atoms with Gasteiger partial charge in [0.2, 0.25) is 0 Å². The van der Waals surface area contributed by atoms with Crippen LogP contribution in [-0.2, 0) is 4.74 Å². The Bertz CT molecular complexity index is 696. The van der Waals surface area contributed by atoms with Crippen LogP contribution in [0, 0.1) is 6.92 Å². The summed E-state index contributed by atoms with van der Waals surface area (Å²) in [5, 5.41) is 0. The van der Waals surface area contributed by atoms with Crippen molar-refractivity contribution in [1.29, 1.82) is 0 Å². The van der Waals surface area contributed by atoms with Crippen molar-refractivity contribution in [3.8, 4) is 0 Å². The zero-order chi connectivity index (χ0) is 16.4. The summed E-state index contributed by atoms with van der Waals surface area (Å²) in [6.45, 7) is 6.77. The van der Waals surface area contributed by atoms with Crippen molar-refractivity contribution in [2.45, 2.75) is 45.8 Å². The first-order valence-electron chi connectivity index (χ1n) is 8.05. The first kappa shape index (κ1) is 16.0. The number of ether oxygens (including phenoxy) is 1. The maximum absolute atomic E-state index is 12.4. The largest absolute Gasteiger partial charge is 0.459 e. The van der Waals surface area contributed by atoms with E-state index < -0.39 is 0 Å². The monoisotopic (exact) mass is 330 g/mol. The lowest BCUT2D eigenvalue weighted by Crippen LogP contribution is -2.26. The summed E-state index contributed by atoms with van der Waals surface area (Å²) in [7, 11) is 0. The number of carbonyl (C=O) groups is 1. The van der Waals surface area contributed by atoms with E-state index in [2.05, 4.69) is 28.9 Å². The number of nitrogens with zero attached hydrogens (tertiary/aromatic N) is 2. The van der Waals surface area contributed by atoms with Gasteiger partial charge < -0.3 is 9.64 Å². The van der Waals surface area contributed by atoms with Gasteiger partial charge in [0.25, 0.3) is 0 Å². The highest BCUT2D eigenvalue weighted by atomic mass is 32.1. The number of aromatic nitrogens is 1. The zero-order valence-corrected chi connectivity index (χ0v) is 14.6. The molecule has 1 aliphatic heterocycles. The number of rotatable bonds is 4. The molecule has 1 saturated heterocycles. The Hall–Kier alpha value is -1.88. The van der Waals surface area contributed by atoms with E-state index in [0.717, 1.165) is 25.2 Å². The van der Waals surface area contributed by atoms with Crippen LogP contribution in [-0.4, -0.2) is 23.6 Å². The maximum atomic E-state index is 12.4. The molecule has 1 unspecified atom stereocenters. The Morgan fingerprint density at radius 2 is 2.22 bits per heavy atom. The number of hydrogen-bond acceptors (Lipinski definition) is 5. The minimum absolute atomic E-state index is 0.134. The quantitative estimate of drug-likeness (QED) is 0.781. The highest BCUT2D eigenvalue weighted by Crippen LogP contribution is 2.39. The summed E-state index contributed by atoms with van der Waals surface area (Å²) >= 11 is 1.82. The maximum Gasteiger partial charge on any atom is 0.342 e. The van der Waals surface area contributed by atoms with Gasteiger partial charge in [0.05, 0.1) is 12.1 Å². The van der Waals surface area contributed by atoms with Crippen molar-refractivity contribution in [1.82, 2.24) is 4.98 Å². The van der Waals surface area contributed by atoms with E-state index in [1.165, 1.54) is 9.75 Å². The summed E-state index contributed by atoms with van der Waals surface area (Å²) in [4.78, 5) is 21.8. The van der Waals surface area contributed by atoms with Crippen LogP contribution in [0.3, 0.4) is 0 Å². The molecule has 0 saturated carbocycles. The normalized spacial score (nSPS) is 17.7. The molecule has 3 rings (SSSR count). The summed E-state index contributed by atoms with van der Waals surface area (Å²) in [5.74, 6) is 0.447. The Morgan fingerprint density at radius 3 is 2.91 bits per heavy atom. The fourth-order valence-electron chi connectivity index (χ4n) is 3.01. The molecule has 2 aromatic heterocycles. The third-order valence-corrected chi connectivity index (χ3v) is 5.07. The molecule has 1 fully saturated rings. The van der Waals surface area contributed by atoms with E-state index in [9.17, 15) is 4.79 Å². The summed E-state index contributed by atoms with van der Waals surface area (Å²) < 4.78 is 5.38. The minimum atomic E-state index is -0.295. The van der Waals surface area contributed by atoms with Crippen molar-refractivity contribution in [3.05, 3.63) is 45.8 Å². The van der Waals surface area contributed by atoms with Crippen LogP contribution >= 0.6 is 11.3 Å². The lowest BCUT2D eigenvalue weighted by atomic mass is 10.1. The van der Waals surface area contributed by atoms with Crippen LogP contribution in [0.25, 0.3) is 0 Å². The van der Waals surface area contributed by atoms with Gasteiger partial charge in [-0.15, -0.1) is 11.3 Å². The number of aryl methyl sites for hydroxylation is 1. The van der Waals surface area contributed by atoms with Gasteiger partial charge in [0.15, 0.2) is 0 Å². The predicted molar refractivity (Wildman–Crippen MR) is 93.2 cm³/mol. The number of esters is 1. The number of thiophene rings is 1. The van der Waals surface area contributed by atoms with Gasteiger partial charge in [-0.3, -0.25) is 0 Å². The molecule has 0 radical (unpaired) electrons. The van der Waals surface area contributed by atoms with Gasteiger partial charge >= 0.3 is 5.97 Å². The molecule has 2 aromatic rings. The minimum Gasteiger partial charge on any atom is -0.459 e. The Labute approximate surface area is 141 Å². The Kier molecular flexibility index (Phi) is 4.66. The van der Waals surface area contributed by atoms with Crippen molar-refractivity contribution in [2.24, 2.45) is 0 Å². The van der Waals surface area contributed by atoms with E-state index in [1.54, 1.807) is 12.3 Å². The third-order valence-electron chi connectivity index (χ3n) is 3.96. The molecule has 122 valence electrons. The molecule has 0 aromatic carbocycles. The molecule has 1 aliphatic rings. The molecule has 0 bridgehead atoms. The molecule has 23 heavy (non-hydrogen) atoms. The molecule has 5 heteroatoms. The van der Waals surface area contributed by atoms with E-state index in [4.69, 9.17) is 4.74 Å². The SMILES string of the molecule is Cc1ccc(C2CCCN2c2ncccc2C(=O)OC(C)C)s1. The standard InChI is InChI=1S/C18H22N2O2S/c1-12(2)22-18(21)14-6-4-10-19-17(14)20-11-5-7-15(20)16-9-8-13(3)23-16/h4,6,8-10,12,15H,5,7,11H2,1-3H3. The first-order chi connectivity index (χ1) is 11.1. The van der Waals surface area contributed by atoms with Crippen molar-refractivity contribution in [2.75, 3.05) is 11.4 Å². The predicted octanol–water partition coefficient (Wildman–Crippen LogP) is 4.36. The van der Waals surface area contributed by atoms with Gasteiger partial charge in [-0.1, -0.05) is 0 Å². The lowest BCUT2D eigenvalue weighted by Gasteiger charge is -2.26. The van der Waals surface area contributed by atoms with Gasteiger partial charge in [0.1, 0.15) is 11.4 Å². The first-order valence-corrected chi connectivity index (χ1v) is 8.87. The fraction of sp³-hybridized carbons (Fsp3) is 0.444.